The molecule has 4 amide bonds. The highest BCUT2D eigenvalue weighted by Gasteiger charge is 2.30. The van der Waals surface area contributed by atoms with Crippen molar-refractivity contribution in [1.82, 2.24) is 41.2 Å². The summed E-state index contributed by atoms with van der Waals surface area (Å²) in [5.41, 5.74) is 2.11. The zero-order valence-electron chi connectivity index (χ0n) is 24.2. The average molecular weight is 607 g/mol. The summed E-state index contributed by atoms with van der Waals surface area (Å²) in [5, 5.41) is 19.1. The van der Waals surface area contributed by atoms with Gasteiger partial charge in [-0.3, -0.25) is 24.0 Å². The number of imidazole rings is 1. The zero-order valence-corrected chi connectivity index (χ0v) is 24.2. The fourth-order valence-electron chi connectivity index (χ4n) is 4.83. The lowest BCUT2D eigenvalue weighted by atomic mass is 10.0. The molecule has 0 aliphatic carbocycles. The van der Waals surface area contributed by atoms with Crippen LogP contribution in [-0.4, -0.2) is 73.8 Å². The molecule has 15 nitrogen and oxygen atoms in total. The van der Waals surface area contributed by atoms with E-state index in [2.05, 4.69) is 41.2 Å². The summed E-state index contributed by atoms with van der Waals surface area (Å²) in [7, 11) is 0. The summed E-state index contributed by atoms with van der Waals surface area (Å²) in [6.07, 6.45) is 6.09. The Kier molecular flexibility index (Phi) is 10.5. The van der Waals surface area contributed by atoms with Gasteiger partial charge in [-0.2, -0.15) is 0 Å². The monoisotopic (exact) mass is 606 g/mol. The first-order chi connectivity index (χ1) is 21.2. The van der Waals surface area contributed by atoms with Crippen LogP contribution in [0.1, 0.15) is 70.4 Å². The van der Waals surface area contributed by atoms with Gasteiger partial charge in [0.15, 0.2) is 5.69 Å². The molecule has 0 saturated heterocycles. The molecule has 0 unspecified atom stereocenters. The standard InChI is InChI=1S/C28H32N8O5.CH2O2/c1-15-28-36-23(16(2)41-28)27(40)30-10-6-5-9-20(34-26(39)22-13-29-14-32-22)24(37)35-21(25(38)33-15)11-17-12-31-19-8-4-3-7-18(17)19;2-1-3/h3-4,7-8,12-15,20-21,31H,5-6,9-11H2,1-2H3,(H,29,32)(H,30,40)(H,33,38)(H,34,39)(H,35,37);1H,(H,2,3)/t15-,20+,21-;/m1./s1. The number of rotatable bonds is 4. The number of fused-ring (bicyclic) bond motifs is 3. The fourth-order valence-corrected chi connectivity index (χ4v) is 4.83. The average Bonchev–Trinajstić information content (AvgIpc) is 3.76. The van der Waals surface area contributed by atoms with E-state index in [1.807, 2.05) is 30.5 Å². The summed E-state index contributed by atoms with van der Waals surface area (Å²) < 4.78 is 5.70. The Labute approximate surface area is 251 Å². The molecule has 44 heavy (non-hydrogen) atoms. The van der Waals surface area contributed by atoms with Gasteiger partial charge < -0.3 is 40.8 Å². The number of carboxylic acid groups (broad SMARTS) is 1. The van der Waals surface area contributed by atoms with Crippen LogP contribution in [0.5, 0.6) is 0 Å². The molecule has 0 radical (unpaired) electrons. The summed E-state index contributed by atoms with van der Waals surface area (Å²) in [6.45, 7) is 3.42. The van der Waals surface area contributed by atoms with Gasteiger partial charge in [0.2, 0.25) is 17.7 Å². The molecule has 232 valence electrons. The molecule has 1 aromatic carbocycles. The summed E-state index contributed by atoms with van der Waals surface area (Å²) >= 11 is 0. The Morgan fingerprint density at radius 3 is 2.66 bits per heavy atom. The van der Waals surface area contributed by atoms with Gasteiger partial charge in [0.05, 0.1) is 12.5 Å². The highest BCUT2D eigenvalue weighted by Crippen LogP contribution is 2.21. The van der Waals surface area contributed by atoms with E-state index in [9.17, 15) is 19.2 Å². The molecule has 0 saturated carbocycles. The maximum atomic E-state index is 13.6. The second kappa shape index (κ2) is 14.6. The van der Waals surface area contributed by atoms with Crippen molar-refractivity contribution in [3.05, 3.63) is 71.6 Å². The van der Waals surface area contributed by atoms with Crippen molar-refractivity contribution in [2.75, 3.05) is 6.54 Å². The van der Waals surface area contributed by atoms with E-state index in [0.29, 0.717) is 25.1 Å². The number of hydrogen-bond donors (Lipinski definition) is 7. The third kappa shape index (κ3) is 7.67. The van der Waals surface area contributed by atoms with Crippen LogP contribution in [0.15, 0.2) is 47.4 Å². The minimum Gasteiger partial charge on any atom is -0.483 e. The molecule has 3 aromatic heterocycles. The molecule has 4 heterocycles. The molecule has 1 aliphatic rings. The number of hydrogen-bond acceptors (Lipinski definition) is 8. The predicted octanol–water partition coefficient (Wildman–Crippen LogP) is 1.51. The number of benzene rings is 1. The Morgan fingerprint density at radius 2 is 1.91 bits per heavy atom. The van der Waals surface area contributed by atoms with Crippen molar-refractivity contribution in [1.29, 1.82) is 0 Å². The molecule has 3 atom stereocenters. The van der Waals surface area contributed by atoms with Crippen LogP contribution in [0, 0.1) is 6.92 Å². The molecular formula is C29H34N8O7. The van der Waals surface area contributed by atoms with Crippen LogP contribution < -0.4 is 21.3 Å². The molecule has 0 spiro atoms. The fraction of sp³-hybridized carbons (Fsp3) is 0.345. The number of nitrogens with zero attached hydrogens (tertiary/aromatic N) is 2. The van der Waals surface area contributed by atoms with Gasteiger partial charge in [-0.25, -0.2) is 9.97 Å². The van der Waals surface area contributed by atoms with E-state index < -0.39 is 35.8 Å². The highest BCUT2D eigenvalue weighted by molar-refractivity contribution is 5.97. The van der Waals surface area contributed by atoms with Crippen LogP contribution in [0.3, 0.4) is 0 Å². The van der Waals surface area contributed by atoms with Gasteiger partial charge in [0, 0.05) is 30.1 Å². The largest absolute Gasteiger partial charge is 0.483 e. The number of para-hydroxylation sites is 1. The van der Waals surface area contributed by atoms with E-state index >= 15 is 0 Å². The molecule has 15 heteroatoms. The van der Waals surface area contributed by atoms with E-state index in [1.54, 1.807) is 13.8 Å². The van der Waals surface area contributed by atoms with Crippen LogP contribution >= 0.6 is 0 Å². The topological polar surface area (TPSA) is 224 Å². The lowest BCUT2D eigenvalue weighted by Gasteiger charge is -2.24. The molecule has 1 aliphatic heterocycles. The van der Waals surface area contributed by atoms with Crippen LogP contribution in [0.4, 0.5) is 0 Å². The number of aromatic nitrogens is 4. The van der Waals surface area contributed by atoms with Gasteiger partial charge in [-0.05, 0) is 44.7 Å². The number of carbonyl (C=O) groups is 5. The Balaban J connectivity index is 0.00000141. The van der Waals surface area contributed by atoms with Crippen molar-refractivity contribution >= 4 is 41.0 Å². The van der Waals surface area contributed by atoms with Gasteiger partial charge in [-0.15, -0.1) is 0 Å². The Morgan fingerprint density at radius 1 is 1.14 bits per heavy atom. The maximum Gasteiger partial charge on any atom is 0.290 e. The van der Waals surface area contributed by atoms with Crippen LogP contribution in [0.2, 0.25) is 0 Å². The highest BCUT2D eigenvalue weighted by atomic mass is 16.4. The van der Waals surface area contributed by atoms with Crippen molar-refractivity contribution in [2.24, 2.45) is 0 Å². The van der Waals surface area contributed by atoms with Crippen molar-refractivity contribution in [3.8, 4) is 0 Å². The second-order valence-corrected chi connectivity index (χ2v) is 10.2. The zero-order chi connectivity index (χ0) is 31.6. The lowest BCUT2D eigenvalue weighted by molar-refractivity contribution is -0.130. The summed E-state index contributed by atoms with van der Waals surface area (Å²) in [6, 6.07) is 5.08. The van der Waals surface area contributed by atoms with Gasteiger partial charge in [0.25, 0.3) is 18.3 Å². The minimum absolute atomic E-state index is 0.154. The SMILES string of the molecule is Cc1oc2nc1C(=O)NCCCC[C@H](NC(=O)c1cnc[nH]1)C(=O)N[C@H](Cc1c[nH]c3ccccc13)C(=O)N[C@@H]2C.O=CO. The Bertz CT molecular complexity index is 1610. The first-order valence-electron chi connectivity index (χ1n) is 14.0. The van der Waals surface area contributed by atoms with Gasteiger partial charge in [-0.1, -0.05) is 18.2 Å². The van der Waals surface area contributed by atoms with Crippen molar-refractivity contribution < 1.29 is 33.5 Å². The quantitative estimate of drug-likeness (QED) is 0.167. The second-order valence-electron chi connectivity index (χ2n) is 10.2. The molecule has 7 N–H and O–H groups in total. The normalized spacial score (nSPS) is 19.6. The first kappa shape index (κ1) is 31.5. The number of aromatic amines is 2. The third-order valence-electron chi connectivity index (χ3n) is 7.06. The molecule has 5 rings (SSSR count). The first-order valence-corrected chi connectivity index (χ1v) is 14.0. The number of carbonyl (C=O) groups excluding carboxylic acids is 4. The number of nitrogens with one attached hydrogen (secondary N) is 6. The van der Waals surface area contributed by atoms with E-state index in [0.717, 1.165) is 16.5 Å². The van der Waals surface area contributed by atoms with Gasteiger partial charge in [0.1, 0.15) is 29.6 Å². The number of oxazole rings is 1. The van der Waals surface area contributed by atoms with Crippen molar-refractivity contribution in [3.63, 3.8) is 0 Å². The Hall–Kier alpha value is -5.47. The van der Waals surface area contributed by atoms with E-state index in [-0.39, 0.29) is 42.5 Å². The molecule has 4 aromatic rings. The third-order valence-corrected chi connectivity index (χ3v) is 7.06. The van der Waals surface area contributed by atoms with Crippen LogP contribution in [0.25, 0.3) is 10.9 Å². The number of H-pyrrole nitrogens is 2. The number of aryl methyl sites for hydroxylation is 1. The molecular weight excluding hydrogens is 572 g/mol. The van der Waals surface area contributed by atoms with Gasteiger partial charge >= 0.3 is 0 Å². The van der Waals surface area contributed by atoms with E-state index in [1.165, 1.54) is 12.5 Å². The smallest absolute Gasteiger partial charge is 0.290 e. The summed E-state index contributed by atoms with van der Waals surface area (Å²) in [4.78, 5) is 75.2. The lowest BCUT2D eigenvalue weighted by Crippen LogP contribution is -2.54. The number of amides is 4. The van der Waals surface area contributed by atoms with Crippen molar-refractivity contribution in [2.45, 2.75) is 57.7 Å². The predicted molar refractivity (Wildman–Crippen MR) is 156 cm³/mol. The molecule has 2 bridgehead atoms. The van der Waals surface area contributed by atoms with Crippen LogP contribution in [-0.2, 0) is 20.8 Å². The minimum atomic E-state index is -0.984. The summed E-state index contributed by atoms with van der Waals surface area (Å²) in [5.74, 6) is -1.34. The maximum absolute atomic E-state index is 13.6. The molecule has 0 fully saturated rings. The van der Waals surface area contributed by atoms with E-state index in [4.69, 9.17) is 14.3 Å².